The molecule has 0 aromatic heterocycles. The van der Waals surface area contributed by atoms with E-state index in [0.29, 0.717) is 23.7 Å². The molecule has 3 amide bonds. The van der Waals surface area contributed by atoms with Crippen molar-refractivity contribution in [3.8, 4) is 11.5 Å². The number of hydrogen-bond donors (Lipinski definition) is 1. The number of carbonyl (C=O) groups is 3. The van der Waals surface area contributed by atoms with Crippen molar-refractivity contribution < 1.29 is 28.8 Å². The third-order valence-electron chi connectivity index (χ3n) is 5.82. The highest BCUT2D eigenvalue weighted by Gasteiger charge is 2.44. The van der Waals surface area contributed by atoms with Crippen LogP contribution in [0.5, 0.6) is 11.5 Å². The summed E-state index contributed by atoms with van der Waals surface area (Å²) < 4.78 is 11.3. The molecule has 10 heteroatoms. The molecule has 0 saturated heterocycles. The van der Waals surface area contributed by atoms with Crippen LogP contribution in [0, 0.1) is 10.1 Å². The molecule has 1 unspecified atom stereocenters. The molecule has 4 rings (SSSR count). The first-order valence-corrected chi connectivity index (χ1v) is 11.1. The van der Waals surface area contributed by atoms with Crippen LogP contribution in [0.4, 0.5) is 5.69 Å². The van der Waals surface area contributed by atoms with E-state index in [-0.39, 0.29) is 17.7 Å². The van der Waals surface area contributed by atoms with Gasteiger partial charge in [-0.05, 0) is 36.2 Å². The summed E-state index contributed by atoms with van der Waals surface area (Å²) in [5.74, 6) is -1.18. The molecule has 1 heterocycles. The van der Waals surface area contributed by atoms with E-state index in [9.17, 15) is 24.5 Å². The molecule has 0 saturated carbocycles. The Morgan fingerprint density at radius 1 is 1.00 bits per heavy atom. The van der Waals surface area contributed by atoms with Gasteiger partial charge in [-0.3, -0.25) is 29.4 Å². The molecular formula is C26H23N3O7. The molecule has 1 N–H and O–H groups in total. The summed E-state index contributed by atoms with van der Waals surface area (Å²) >= 11 is 0. The number of nitrogens with zero attached hydrogens (tertiary/aromatic N) is 2. The third kappa shape index (κ3) is 4.74. The Morgan fingerprint density at radius 2 is 1.75 bits per heavy atom. The fourth-order valence-electron chi connectivity index (χ4n) is 3.92. The number of imide groups is 1. The Morgan fingerprint density at radius 3 is 2.44 bits per heavy atom. The number of ether oxygens (including phenoxy) is 2. The Bertz CT molecular complexity index is 1340. The molecule has 0 radical (unpaired) electrons. The maximum Gasteiger partial charge on any atom is 0.282 e. The third-order valence-corrected chi connectivity index (χ3v) is 5.82. The summed E-state index contributed by atoms with van der Waals surface area (Å²) in [7, 11) is 1.51. The summed E-state index contributed by atoms with van der Waals surface area (Å²) in [5, 5.41) is 14.0. The number of nitro benzene ring substituents is 1. The predicted octanol–water partition coefficient (Wildman–Crippen LogP) is 3.48. The number of methoxy groups -OCH3 is 1. The van der Waals surface area contributed by atoms with E-state index in [1.54, 1.807) is 18.2 Å². The van der Waals surface area contributed by atoms with E-state index >= 15 is 0 Å². The maximum atomic E-state index is 12.8. The lowest BCUT2D eigenvalue weighted by Crippen LogP contribution is -2.47. The van der Waals surface area contributed by atoms with Gasteiger partial charge in [-0.1, -0.05) is 42.5 Å². The van der Waals surface area contributed by atoms with Crippen LogP contribution in [0.3, 0.4) is 0 Å². The van der Waals surface area contributed by atoms with Crippen molar-refractivity contribution in [3.63, 3.8) is 0 Å². The number of nitrogens with one attached hydrogen (secondary N) is 1. The van der Waals surface area contributed by atoms with Gasteiger partial charge in [0.15, 0.2) is 11.5 Å². The molecule has 10 nitrogen and oxygen atoms in total. The SMILES string of the molecule is COc1cc(CNC(=O)C(C)N2C(=O)c3cccc([N+](=O)[O-])c3C2=O)ccc1OCc1ccccc1. The first-order chi connectivity index (χ1) is 17.3. The van der Waals surface area contributed by atoms with Gasteiger partial charge in [-0.2, -0.15) is 0 Å². The van der Waals surface area contributed by atoms with Crippen LogP contribution >= 0.6 is 0 Å². The monoisotopic (exact) mass is 489 g/mol. The van der Waals surface area contributed by atoms with E-state index in [1.807, 2.05) is 30.3 Å². The Labute approximate surface area is 206 Å². The number of fused-ring (bicyclic) bond motifs is 1. The summed E-state index contributed by atoms with van der Waals surface area (Å²) in [6.45, 7) is 1.86. The number of amides is 3. The summed E-state index contributed by atoms with van der Waals surface area (Å²) in [5.41, 5.74) is 0.844. The van der Waals surface area contributed by atoms with Gasteiger partial charge in [0.1, 0.15) is 18.2 Å². The highest BCUT2D eigenvalue weighted by molar-refractivity contribution is 6.24. The standard InChI is InChI=1S/C26H23N3O7/c1-16(28-25(31)19-9-6-10-20(29(33)34)23(19)26(28)32)24(30)27-14-18-11-12-21(22(13-18)35-2)36-15-17-7-4-3-5-8-17/h3-13,16H,14-15H2,1-2H3,(H,27,30). The lowest BCUT2D eigenvalue weighted by Gasteiger charge is -2.21. The molecule has 0 spiro atoms. The minimum Gasteiger partial charge on any atom is -0.493 e. The zero-order chi connectivity index (χ0) is 25.8. The van der Waals surface area contributed by atoms with E-state index in [0.717, 1.165) is 16.5 Å². The van der Waals surface area contributed by atoms with Crippen molar-refractivity contribution >= 4 is 23.4 Å². The molecule has 3 aromatic carbocycles. The van der Waals surface area contributed by atoms with Crippen LogP contribution in [0.2, 0.25) is 0 Å². The Hall–Kier alpha value is -4.73. The number of benzene rings is 3. The second-order valence-corrected chi connectivity index (χ2v) is 8.09. The maximum absolute atomic E-state index is 12.8. The number of nitro groups is 1. The quantitative estimate of drug-likeness (QED) is 0.277. The molecule has 36 heavy (non-hydrogen) atoms. The minimum absolute atomic E-state index is 0.0929. The van der Waals surface area contributed by atoms with Crippen LogP contribution in [-0.2, 0) is 17.9 Å². The Kier molecular flexibility index (Phi) is 6.95. The normalized spacial score (nSPS) is 13.2. The summed E-state index contributed by atoms with van der Waals surface area (Å²) in [6, 6.07) is 17.5. The van der Waals surface area contributed by atoms with Crippen LogP contribution in [-0.4, -0.2) is 40.7 Å². The summed E-state index contributed by atoms with van der Waals surface area (Å²) in [6.07, 6.45) is 0. The van der Waals surface area contributed by atoms with E-state index in [2.05, 4.69) is 5.32 Å². The van der Waals surface area contributed by atoms with Gasteiger partial charge in [0.05, 0.1) is 17.6 Å². The molecule has 184 valence electrons. The first-order valence-electron chi connectivity index (χ1n) is 11.1. The lowest BCUT2D eigenvalue weighted by atomic mass is 10.1. The fraction of sp³-hybridized carbons (Fsp3) is 0.192. The van der Waals surface area contributed by atoms with Gasteiger partial charge in [0.2, 0.25) is 5.91 Å². The molecule has 0 bridgehead atoms. The van der Waals surface area contributed by atoms with Crippen LogP contribution in [0.25, 0.3) is 0 Å². The van der Waals surface area contributed by atoms with Gasteiger partial charge in [-0.25, -0.2) is 0 Å². The van der Waals surface area contributed by atoms with Gasteiger partial charge in [-0.15, -0.1) is 0 Å². The molecule has 0 fully saturated rings. The molecule has 1 aliphatic rings. The van der Waals surface area contributed by atoms with Crippen molar-refractivity contribution in [1.82, 2.24) is 10.2 Å². The van der Waals surface area contributed by atoms with Crippen molar-refractivity contribution in [2.75, 3.05) is 7.11 Å². The second kappa shape index (κ2) is 10.3. The molecular weight excluding hydrogens is 466 g/mol. The Balaban J connectivity index is 1.41. The van der Waals surface area contributed by atoms with E-state index in [1.165, 1.54) is 26.2 Å². The largest absolute Gasteiger partial charge is 0.493 e. The smallest absolute Gasteiger partial charge is 0.282 e. The predicted molar refractivity (Wildman–Crippen MR) is 129 cm³/mol. The van der Waals surface area contributed by atoms with Crippen molar-refractivity contribution in [2.45, 2.75) is 26.1 Å². The zero-order valence-corrected chi connectivity index (χ0v) is 19.6. The van der Waals surface area contributed by atoms with Gasteiger partial charge >= 0.3 is 0 Å². The molecule has 3 aromatic rings. The van der Waals surface area contributed by atoms with Gasteiger partial charge < -0.3 is 14.8 Å². The lowest BCUT2D eigenvalue weighted by molar-refractivity contribution is -0.385. The minimum atomic E-state index is -1.17. The summed E-state index contributed by atoms with van der Waals surface area (Å²) in [4.78, 5) is 49.7. The second-order valence-electron chi connectivity index (χ2n) is 8.09. The van der Waals surface area contributed by atoms with E-state index < -0.39 is 34.4 Å². The van der Waals surface area contributed by atoms with Crippen LogP contribution in [0.15, 0.2) is 66.7 Å². The van der Waals surface area contributed by atoms with Crippen molar-refractivity contribution in [3.05, 3.63) is 99.1 Å². The number of rotatable bonds is 9. The number of hydrogen-bond acceptors (Lipinski definition) is 7. The average Bonchev–Trinajstić information content (AvgIpc) is 3.15. The molecule has 1 aliphatic heterocycles. The zero-order valence-electron chi connectivity index (χ0n) is 19.6. The number of carbonyl (C=O) groups excluding carboxylic acids is 3. The van der Waals surface area contributed by atoms with Crippen LogP contribution < -0.4 is 14.8 Å². The molecule has 0 aliphatic carbocycles. The average molecular weight is 489 g/mol. The molecule has 1 atom stereocenters. The van der Waals surface area contributed by atoms with E-state index in [4.69, 9.17) is 9.47 Å². The van der Waals surface area contributed by atoms with Crippen LogP contribution in [0.1, 0.15) is 38.8 Å². The highest BCUT2D eigenvalue weighted by atomic mass is 16.6. The van der Waals surface area contributed by atoms with Gasteiger partial charge in [0.25, 0.3) is 17.5 Å². The van der Waals surface area contributed by atoms with Crippen molar-refractivity contribution in [2.24, 2.45) is 0 Å². The highest BCUT2D eigenvalue weighted by Crippen LogP contribution is 2.32. The van der Waals surface area contributed by atoms with Gasteiger partial charge in [0, 0.05) is 12.6 Å². The van der Waals surface area contributed by atoms with Crippen molar-refractivity contribution in [1.29, 1.82) is 0 Å². The fourth-order valence-corrected chi connectivity index (χ4v) is 3.92. The topological polar surface area (TPSA) is 128 Å². The first kappa shape index (κ1) is 24.4.